The smallest absolute Gasteiger partial charge is 0.228 e. The number of thiophene rings is 1. The maximum absolute atomic E-state index is 12.6. The van der Waals surface area contributed by atoms with Crippen molar-refractivity contribution in [2.24, 2.45) is 5.92 Å². The molecule has 4 rings (SSSR count). The molecule has 1 amide bonds. The van der Waals surface area contributed by atoms with Gasteiger partial charge >= 0.3 is 0 Å². The second-order valence-corrected chi connectivity index (χ2v) is 7.35. The van der Waals surface area contributed by atoms with Crippen LogP contribution in [-0.2, 0) is 4.79 Å². The van der Waals surface area contributed by atoms with Gasteiger partial charge in [-0.05, 0) is 43.2 Å². The van der Waals surface area contributed by atoms with Gasteiger partial charge in [0, 0.05) is 46.5 Å². The van der Waals surface area contributed by atoms with Crippen molar-refractivity contribution in [2.75, 3.05) is 23.3 Å². The lowest BCUT2D eigenvalue weighted by Crippen LogP contribution is -2.38. The van der Waals surface area contributed by atoms with Gasteiger partial charge in [-0.1, -0.05) is 12.7 Å². The van der Waals surface area contributed by atoms with Crippen LogP contribution in [0.25, 0.3) is 17.1 Å². The summed E-state index contributed by atoms with van der Waals surface area (Å²) in [7, 11) is 0. The number of nitrogens with one attached hydrogen (secondary N) is 1. The molecule has 3 aromatic heterocycles. The van der Waals surface area contributed by atoms with E-state index in [2.05, 4.69) is 38.2 Å². The Morgan fingerprint density at radius 1 is 1.31 bits per heavy atom. The highest BCUT2D eigenvalue weighted by molar-refractivity contribution is 7.11. The first-order valence-electron chi connectivity index (χ1n) is 8.71. The van der Waals surface area contributed by atoms with Crippen LogP contribution >= 0.6 is 11.3 Å². The third kappa shape index (κ3) is 3.46. The van der Waals surface area contributed by atoms with Crippen LogP contribution in [-0.4, -0.2) is 29.0 Å². The van der Waals surface area contributed by atoms with E-state index in [1.807, 2.05) is 30.3 Å². The van der Waals surface area contributed by atoms with Crippen LogP contribution in [0.15, 0.2) is 48.5 Å². The van der Waals surface area contributed by atoms with Crippen molar-refractivity contribution >= 4 is 45.9 Å². The van der Waals surface area contributed by atoms with Crippen LogP contribution in [0.5, 0.6) is 0 Å². The number of nitrogens with zero attached hydrogens (tertiary/aromatic N) is 3. The van der Waals surface area contributed by atoms with Gasteiger partial charge in [0.1, 0.15) is 5.82 Å². The van der Waals surface area contributed by atoms with Crippen LogP contribution in [0.1, 0.15) is 17.7 Å². The van der Waals surface area contributed by atoms with Gasteiger partial charge in [0.15, 0.2) is 5.65 Å². The van der Waals surface area contributed by atoms with Crippen molar-refractivity contribution < 1.29 is 4.79 Å². The number of amides is 1. The number of carbonyl (C=O) groups is 1. The van der Waals surface area contributed by atoms with Gasteiger partial charge in [-0.2, -0.15) is 0 Å². The Morgan fingerprint density at radius 3 is 2.92 bits per heavy atom. The molecule has 1 aliphatic rings. The first kappa shape index (κ1) is 16.7. The highest BCUT2D eigenvalue weighted by atomic mass is 32.1. The lowest BCUT2D eigenvalue weighted by molar-refractivity contribution is -0.120. The molecular formula is C20H20N4OS. The normalized spacial score (nSPS) is 15.2. The topological polar surface area (TPSA) is 58.1 Å². The van der Waals surface area contributed by atoms with E-state index in [9.17, 15) is 4.79 Å². The zero-order valence-electron chi connectivity index (χ0n) is 14.4. The monoisotopic (exact) mass is 364 g/mol. The second kappa shape index (κ2) is 7.25. The van der Waals surface area contributed by atoms with E-state index >= 15 is 0 Å². The second-order valence-electron chi connectivity index (χ2n) is 6.41. The number of hydrogen-bond acceptors (Lipinski definition) is 5. The largest absolute Gasteiger partial charge is 0.371 e. The summed E-state index contributed by atoms with van der Waals surface area (Å²) in [6, 6.07) is 9.75. The number of anilines is 2. The lowest BCUT2D eigenvalue weighted by atomic mass is 9.95. The summed E-state index contributed by atoms with van der Waals surface area (Å²) in [5, 5.41) is 6.07. The maximum atomic E-state index is 12.6. The Labute approximate surface area is 156 Å². The fourth-order valence-electron chi connectivity index (χ4n) is 3.27. The standard InChI is InChI=1S/C20H20N4OS/c1-2-17-12-16(13-26-17)24-10-7-15(8-11-24)20(25)23-18-6-5-14-4-3-9-21-19(14)22-18/h2-6,9,12-13,15H,1,7-8,10-11H2,(H,21,22,23,25). The average Bonchev–Trinajstić information content (AvgIpc) is 3.17. The highest BCUT2D eigenvalue weighted by Gasteiger charge is 2.25. The number of hydrogen-bond donors (Lipinski definition) is 1. The number of carbonyl (C=O) groups excluding carboxylic acids is 1. The molecule has 1 aliphatic heterocycles. The molecule has 4 heterocycles. The Balaban J connectivity index is 1.37. The molecule has 26 heavy (non-hydrogen) atoms. The van der Waals surface area contributed by atoms with E-state index in [1.165, 1.54) is 10.6 Å². The van der Waals surface area contributed by atoms with Crippen LogP contribution < -0.4 is 10.2 Å². The fourth-order valence-corrected chi connectivity index (χ4v) is 4.02. The van der Waals surface area contributed by atoms with Gasteiger partial charge in [0.25, 0.3) is 0 Å². The Kier molecular flexibility index (Phi) is 4.67. The summed E-state index contributed by atoms with van der Waals surface area (Å²) in [4.78, 5) is 24.8. The summed E-state index contributed by atoms with van der Waals surface area (Å²) in [6.45, 7) is 5.59. The van der Waals surface area contributed by atoms with E-state index in [0.29, 0.717) is 11.5 Å². The van der Waals surface area contributed by atoms with Gasteiger partial charge in [0.2, 0.25) is 5.91 Å². The molecule has 0 aliphatic carbocycles. The van der Waals surface area contributed by atoms with Crippen molar-refractivity contribution in [3.8, 4) is 0 Å². The zero-order valence-corrected chi connectivity index (χ0v) is 15.2. The minimum absolute atomic E-state index is 0.0185. The minimum Gasteiger partial charge on any atom is -0.371 e. The Hall–Kier alpha value is -2.73. The summed E-state index contributed by atoms with van der Waals surface area (Å²) >= 11 is 1.70. The summed E-state index contributed by atoms with van der Waals surface area (Å²) < 4.78 is 0. The summed E-state index contributed by atoms with van der Waals surface area (Å²) in [6.07, 6.45) is 5.27. The van der Waals surface area contributed by atoms with Crippen molar-refractivity contribution in [1.29, 1.82) is 0 Å². The van der Waals surface area contributed by atoms with E-state index in [1.54, 1.807) is 17.5 Å². The molecule has 0 bridgehead atoms. The molecule has 1 fully saturated rings. The number of piperidine rings is 1. The molecule has 132 valence electrons. The van der Waals surface area contributed by atoms with Crippen LogP contribution in [0.2, 0.25) is 0 Å². The van der Waals surface area contributed by atoms with Gasteiger partial charge in [0.05, 0.1) is 0 Å². The molecular weight excluding hydrogens is 344 g/mol. The van der Waals surface area contributed by atoms with Gasteiger partial charge < -0.3 is 10.2 Å². The van der Waals surface area contributed by atoms with Crippen LogP contribution in [0.4, 0.5) is 11.5 Å². The maximum Gasteiger partial charge on any atom is 0.228 e. The van der Waals surface area contributed by atoms with E-state index in [0.717, 1.165) is 31.3 Å². The molecule has 0 aromatic carbocycles. The SMILES string of the molecule is C=Cc1cc(N2CCC(C(=O)Nc3ccc4cccnc4n3)CC2)cs1. The number of aromatic nitrogens is 2. The zero-order chi connectivity index (χ0) is 17.9. The molecule has 6 heteroatoms. The number of rotatable bonds is 4. The predicted molar refractivity (Wildman–Crippen MR) is 108 cm³/mol. The first-order chi connectivity index (χ1) is 12.7. The molecule has 0 atom stereocenters. The number of pyridine rings is 2. The first-order valence-corrected chi connectivity index (χ1v) is 9.59. The predicted octanol–water partition coefficient (Wildman–Crippen LogP) is 4.19. The third-order valence-corrected chi connectivity index (χ3v) is 5.67. The molecule has 0 spiro atoms. The molecule has 0 unspecified atom stereocenters. The van der Waals surface area contributed by atoms with Gasteiger partial charge in [-0.15, -0.1) is 11.3 Å². The van der Waals surface area contributed by atoms with E-state index < -0.39 is 0 Å². The van der Waals surface area contributed by atoms with Crippen molar-refractivity contribution in [3.05, 3.63) is 53.4 Å². The minimum atomic E-state index is 0.0185. The van der Waals surface area contributed by atoms with Crippen LogP contribution in [0.3, 0.4) is 0 Å². The van der Waals surface area contributed by atoms with Gasteiger partial charge in [-0.3, -0.25) is 4.79 Å². The van der Waals surface area contributed by atoms with Gasteiger partial charge in [-0.25, -0.2) is 9.97 Å². The van der Waals surface area contributed by atoms with Crippen molar-refractivity contribution in [2.45, 2.75) is 12.8 Å². The van der Waals surface area contributed by atoms with Crippen molar-refractivity contribution in [1.82, 2.24) is 9.97 Å². The highest BCUT2D eigenvalue weighted by Crippen LogP contribution is 2.28. The molecule has 3 aromatic rings. The molecule has 1 N–H and O–H groups in total. The lowest BCUT2D eigenvalue weighted by Gasteiger charge is -2.32. The molecule has 5 nitrogen and oxygen atoms in total. The fraction of sp³-hybridized carbons (Fsp3) is 0.250. The van der Waals surface area contributed by atoms with E-state index in [-0.39, 0.29) is 11.8 Å². The molecule has 0 radical (unpaired) electrons. The van der Waals surface area contributed by atoms with Crippen molar-refractivity contribution in [3.63, 3.8) is 0 Å². The van der Waals surface area contributed by atoms with Crippen LogP contribution in [0, 0.1) is 5.92 Å². The Bertz CT molecular complexity index is 944. The quantitative estimate of drug-likeness (QED) is 0.754. The number of fused-ring (bicyclic) bond motifs is 1. The Morgan fingerprint density at radius 2 is 2.15 bits per heavy atom. The van der Waals surface area contributed by atoms with E-state index in [4.69, 9.17) is 0 Å². The summed E-state index contributed by atoms with van der Waals surface area (Å²) in [5.41, 5.74) is 1.88. The third-order valence-electron chi connectivity index (χ3n) is 4.75. The molecule has 0 saturated carbocycles. The molecule has 1 saturated heterocycles. The summed E-state index contributed by atoms with van der Waals surface area (Å²) in [5.74, 6) is 0.631. The average molecular weight is 364 g/mol.